The third-order valence-corrected chi connectivity index (χ3v) is 3.05. The number of rotatable bonds is 4. The van der Waals surface area contributed by atoms with Gasteiger partial charge in [0.15, 0.2) is 0 Å². The Balaban J connectivity index is 1.87. The summed E-state index contributed by atoms with van der Waals surface area (Å²) in [5.41, 5.74) is -0.849. The fraction of sp³-hybridized carbons (Fsp3) is 0.385. The van der Waals surface area contributed by atoms with Crippen molar-refractivity contribution in [3.8, 4) is 0 Å². The topological polar surface area (TPSA) is 78.9 Å². The molecule has 0 bridgehead atoms. The zero-order valence-electron chi connectivity index (χ0n) is 11.2. The number of nitrogens with zero attached hydrogens (tertiary/aromatic N) is 1. The van der Waals surface area contributed by atoms with Gasteiger partial charge in [0.25, 0.3) is 0 Å². The molecule has 0 radical (unpaired) electrons. The molecule has 2 rings (SSSR count). The number of carboxylic acid groups (broad SMARTS) is 1. The first-order chi connectivity index (χ1) is 9.79. The van der Waals surface area contributed by atoms with E-state index in [1.165, 1.54) is 4.90 Å². The third kappa shape index (κ3) is 3.66. The molecule has 1 aliphatic rings. The van der Waals surface area contributed by atoms with Gasteiger partial charge in [-0.05, 0) is 19.1 Å². The Hall–Kier alpha value is -2.22. The number of urea groups is 1. The molecule has 2 N–H and O–H groups in total. The third-order valence-electron chi connectivity index (χ3n) is 3.05. The number of carboxylic acids is 1. The van der Waals surface area contributed by atoms with Crippen molar-refractivity contribution in [2.75, 3.05) is 25.0 Å². The molecule has 114 valence electrons. The van der Waals surface area contributed by atoms with Gasteiger partial charge in [-0.25, -0.2) is 18.4 Å². The van der Waals surface area contributed by atoms with E-state index in [2.05, 4.69) is 5.32 Å². The molecule has 0 saturated carbocycles. The van der Waals surface area contributed by atoms with E-state index in [-0.39, 0.29) is 18.8 Å². The van der Waals surface area contributed by atoms with E-state index < -0.39 is 35.8 Å². The van der Waals surface area contributed by atoms with E-state index in [1.807, 2.05) is 0 Å². The monoisotopic (exact) mass is 300 g/mol. The van der Waals surface area contributed by atoms with Gasteiger partial charge in [0.2, 0.25) is 0 Å². The summed E-state index contributed by atoms with van der Waals surface area (Å²) in [7, 11) is 0. The molecular weight excluding hydrogens is 286 g/mol. The highest BCUT2D eigenvalue weighted by Gasteiger charge is 2.42. The summed E-state index contributed by atoms with van der Waals surface area (Å²) < 4.78 is 31.3. The molecule has 0 unspecified atom stereocenters. The second-order valence-electron chi connectivity index (χ2n) is 5.04. The molecule has 8 heteroatoms. The number of hydrogen-bond donors (Lipinski definition) is 2. The molecule has 0 aliphatic carbocycles. The Bertz CT molecular complexity index is 573. The van der Waals surface area contributed by atoms with E-state index in [4.69, 9.17) is 9.84 Å². The number of amides is 2. The number of carbonyl (C=O) groups is 2. The number of ether oxygens (including phenoxy) is 1. The smallest absolute Gasteiger partial charge is 0.329 e. The van der Waals surface area contributed by atoms with Gasteiger partial charge in [0.05, 0.1) is 18.8 Å². The normalized spacial score (nSPS) is 16.2. The molecule has 1 fully saturated rings. The predicted molar refractivity (Wildman–Crippen MR) is 68.9 cm³/mol. The van der Waals surface area contributed by atoms with Gasteiger partial charge < -0.3 is 20.1 Å². The lowest BCUT2D eigenvalue weighted by Gasteiger charge is -2.46. The van der Waals surface area contributed by atoms with Crippen LogP contribution in [-0.2, 0) is 9.53 Å². The highest BCUT2D eigenvalue weighted by Crippen LogP contribution is 2.26. The van der Waals surface area contributed by atoms with Crippen molar-refractivity contribution in [1.29, 1.82) is 0 Å². The average Bonchev–Trinajstić information content (AvgIpc) is 2.36. The lowest BCUT2D eigenvalue weighted by Crippen LogP contribution is -2.64. The Morgan fingerprint density at radius 2 is 2.10 bits per heavy atom. The Kier molecular flexibility index (Phi) is 4.08. The number of halogens is 2. The maximum absolute atomic E-state index is 13.4. The molecule has 1 heterocycles. The predicted octanol–water partition coefficient (Wildman–Crippen LogP) is 1.67. The Morgan fingerprint density at radius 3 is 2.67 bits per heavy atom. The van der Waals surface area contributed by atoms with Crippen LogP contribution in [0.4, 0.5) is 19.3 Å². The minimum atomic E-state index is -1.09. The van der Waals surface area contributed by atoms with Crippen LogP contribution < -0.4 is 5.32 Å². The van der Waals surface area contributed by atoms with E-state index >= 15 is 0 Å². The van der Waals surface area contributed by atoms with Crippen molar-refractivity contribution in [2.45, 2.75) is 12.5 Å². The number of benzene rings is 1. The van der Waals surface area contributed by atoms with Crippen molar-refractivity contribution in [2.24, 2.45) is 0 Å². The van der Waals surface area contributed by atoms with Gasteiger partial charge in [-0.15, -0.1) is 0 Å². The van der Waals surface area contributed by atoms with Gasteiger partial charge in [0.1, 0.15) is 23.8 Å². The van der Waals surface area contributed by atoms with Crippen LogP contribution in [0.5, 0.6) is 0 Å². The van der Waals surface area contributed by atoms with Crippen molar-refractivity contribution >= 4 is 17.7 Å². The first kappa shape index (κ1) is 15.2. The van der Waals surface area contributed by atoms with E-state index in [0.717, 1.165) is 12.1 Å². The fourth-order valence-corrected chi connectivity index (χ4v) is 2.02. The van der Waals surface area contributed by atoms with E-state index in [0.29, 0.717) is 6.07 Å². The SMILES string of the molecule is CC1(OCC(=O)O)CN(C(=O)Nc2ccc(F)cc2F)C1. The molecular formula is C13H14F2N2O4. The molecule has 1 aliphatic heterocycles. The summed E-state index contributed by atoms with van der Waals surface area (Å²) >= 11 is 0. The lowest BCUT2D eigenvalue weighted by molar-refractivity contribution is -0.159. The minimum Gasteiger partial charge on any atom is -0.480 e. The van der Waals surface area contributed by atoms with Crippen molar-refractivity contribution in [3.63, 3.8) is 0 Å². The quantitative estimate of drug-likeness (QED) is 0.886. The molecule has 6 nitrogen and oxygen atoms in total. The van der Waals surface area contributed by atoms with Crippen LogP contribution in [0.2, 0.25) is 0 Å². The molecule has 0 atom stereocenters. The molecule has 1 aromatic rings. The van der Waals surface area contributed by atoms with Crippen LogP contribution in [0.15, 0.2) is 18.2 Å². The Labute approximate surface area is 119 Å². The van der Waals surface area contributed by atoms with Gasteiger partial charge >= 0.3 is 12.0 Å². The van der Waals surface area contributed by atoms with E-state index in [1.54, 1.807) is 6.92 Å². The first-order valence-corrected chi connectivity index (χ1v) is 6.16. The van der Waals surface area contributed by atoms with Crippen molar-refractivity contribution in [3.05, 3.63) is 29.8 Å². The molecule has 1 saturated heterocycles. The number of aliphatic carboxylic acids is 1. The van der Waals surface area contributed by atoms with Crippen LogP contribution in [-0.4, -0.2) is 47.3 Å². The van der Waals surface area contributed by atoms with Crippen LogP contribution in [0.1, 0.15) is 6.92 Å². The average molecular weight is 300 g/mol. The highest BCUT2D eigenvalue weighted by molar-refractivity contribution is 5.90. The fourth-order valence-electron chi connectivity index (χ4n) is 2.02. The summed E-state index contributed by atoms with van der Waals surface area (Å²) in [5.74, 6) is -2.69. The van der Waals surface area contributed by atoms with Crippen molar-refractivity contribution in [1.82, 2.24) is 4.90 Å². The maximum atomic E-state index is 13.4. The zero-order chi connectivity index (χ0) is 15.6. The summed E-state index contributed by atoms with van der Waals surface area (Å²) in [6, 6.07) is 2.28. The van der Waals surface area contributed by atoms with E-state index in [9.17, 15) is 18.4 Å². The molecule has 1 aromatic carbocycles. The summed E-state index contributed by atoms with van der Waals surface area (Å²) in [5, 5.41) is 10.8. The molecule has 0 aromatic heterocycles. The van der Waals surface area contributed by atoms with Gasteiger partial charge in [-0.1, -0.05) is 0 Å². The summed E-state index contributed by atoms with van der Waals surface area (Å²) in [6.07, 6.45) is 0. The second-order valence-corrected chi connectivity index (χ2v) is 5.04. The number of anilines is 1. The standard InChI is InChI=1S/C13H14F2N2O4/c1-13(21-5-11(18)19)6-17(7-13)12(20)16-10-3-2-8(14)4-9(10)15/h2-4H,5-7H2,1H3,(H,16,20)(H,18,19). The van der Waals surface area contributed by atoms with Crippen molar-refractivity contribution < 1.29 is 28.2 Å². The van der Waals surface area contributed by atoms with Gasteiger partial charge in [-0.2, -0.15) is 0 Å². The second kappa shape index (κ2) is 5.65. The van der Waals surface area contributed by atoms with Crippen LogP contribution >= 0.6 is 0 Å². The summed E-state index contributed by atoms with van der Waals surface area (Å²) in [6.45, 7) is 1.61. The Morgan fingerprint density at radius 1 is 1.43 bits per heavy atom. The van der Waals surface area contributed by atoms with Crippen LogP contribution in [0.25, 0.3) is 0 Å². The largest absolute Gasteiger partial charge is 0.480 e. The number of carbonyl (C=O) groups excluding carboxylic acids is 1. The molecule has 2 amide bonds. The molecule has 0 spiro atoms. The number of likely N-dealkylation sites (tertiary alicyclic amines) is 1. The lowest BCUT2D eigenvalue weighted by atomic mass is 9.97. The molecule has 21 heavy (non-hydrogen) atoms. The van der Waals surface area contributed by atoms with Gasteiger partial charge in [0, 0.05) is 6.07 Å². The first-order valence-electron chi connectivity index (χ1n) is 6.16. The van der Waals surface area contributed by atoms with Gasteiger partial charge in [-0.3, -0.25) is 0 Å². The number of nitrogens with one attached hydrogen (secondary N) is 1. The highest BCUT2D eigenvalue weighted by atomic mass is 19.1. The van der Waals surface area contributed by atoms with Crippen LogP contribution in [0, 0.1) is 11.6 Å². The van der Waals surface area contributed by atoms with Crippen LogP contribution in [0.3, 0.4) is 0 Å². The minimum absolute atomic E-state index is 0.124. The maximum Gasteiger partial charge on any atom is 0.329 e. The number of hydrogen-bond acceptors (Lipinski definition) is 3. The summed E-state index contributed by atoms with van der Waals surface area (Å²) in [4.78, 5) is 23.6. The zero-order valence-corrected chi connectivity index (χ0v) is 11.2.